The van der Waals surface area contributed by atoms with Gasteiger partial charge in [-0.3, -0.25) is 9.52 Å². The van der Waals surface area contributed by atoms with Crippen molar-refractivity contribution < 1.29 is 13.2 Å². The molecule has 1 atom stereocenters. The number of benzene rings is 1. The van der Waals surface area contributed by atoms with Gasteiger partial charge in [-0.15, -0.1) is 0 Å². The van der Waals surface area contributed by atoms with E-state index in [1.807, 2.05) is 11.8 Å². The molecule has 29 heavy (non-hydrogen) atoms. The normalized spacial score (nSPS) is 17.0. The van der Waals surface area contributed by atoms with Gasteiger partial charge in [0.1, 0.15) is 0 Å². The van der Waals surface area contributed by atoms with E-state index in [4.69, 9.17) is 0 Å². The number of hydrogen-bond donors (Lipinski definition) is 2. The number of carbonyl (C=O) groups is 1. The molecular weight excluding hydrogens is 388 g/mol. The molecule has 1 amide bonds. The van der Waals surface area contributed by atoms with Crippen molar-refractivity contribution >= 4 is 27.4 Å². The largest absolute Gasteiger partial charge is 0.356 e. The fourth-order valence-electron chi connectivity index (χ4n) is 3.56. The van der Waals surface area contributed by atoms with Crippen LogP contribution in [0.3, 0.4) is 0 Å². The number of carbonyl (C=O) groups excluding carboxylic acids is 1. The fraction of sp³-hybridized carbons (Fsp3) is 0.429. The Morgan fingerprint density at radius 1 is 1.24 bits per heavy atom. The number of piperidine rings is 1. The van der Waals surface area contributed by atoms with Crippen LogP contribution >= 0.6 is 0 Å². The van der Waals surface area contributed by atoms with Crippen LogP contribution < -0.4 is 14.9 Å². The van der Waals surface area contributed by atoms with E-state index in [0.717, 1.165) is 25.8 Å². The maximum Gasteiger partial charge on any atom is 0.262 e. The number of nitrogens with one attached hydrogen (secondary N) is 2. The van der Waals surface area contributed by atoms with Crippen molar-refractivity contribution in [1.82, 2.24) is 10.3 Å². The van der Waals surface area contributed by atoms with Crippen molar-refractivity contribution in [3.05, 3.63) is 48.2 Å². The zero-order chi connectivity index (χ0) is 20.9. The Kier molecular flexibility index (Phi) is 6.74. The van der Waals surface area contributed by atoms with Gasteiger partial charge in [0, 0.05) is 25.8 Å². The van der Waals surface area contributed by atoms with Gasteiger partial charge >= 0.3 is 0 Å². The van der Waals surface area contributed by atoms with Gasteiger partial charge in [-0.1, -0.05) is 25.1 Å². The van der Waals surface area contributed by atoms with Crippen molar-refractivity contribution in [3.63, 3.8) is 0 Å². The van der Waals surface area contributed by atoms with Gasteiger partial charge < -0.3 is 10.2 Å². The third-order valence-corrected chi connectivity index (χ3v) is 6.58. The Balaban J connectivity index is 1.82. The summed E-state index contributed by atoms with van der Waals surface area (Å²) in [7, 11) is -3.74. The lowest BCUT2D eigenvalue weighted by atomic mass is 9.97. The molecule has 7 nitrogen and oxygen atoms in total. The second kappa shape index (κ2) is 9.26. The van der Waals surface area contributed by atoms with Crippen LogP contribution in [0.15, 0.2) is 47.5 Å². The van der Waals surface area contributed by atoms with E-state index in [2.05, 4.69) is 15.0 Å². The van der Waals surface area contributed by atoms with E-state index in [-0.39, 0.29) is 16.7 Å². The van der Waals surface area contributed by atoms with E-state index in [9.17, 15) is 13.2 Å². The number of aromatic nitrogens is 1. The molecule has 1 aromatic carbocycles. The third-order valence-electron chi connectivity index (χ3n) is 5.06. The molecule has 1 aromatic heterocycles. The van der Waals surface area contributed by atoms with Crippen molar-refractivity contribution in [1.29, 1.82) is 0 Å². The number of nitrogens with zero attached hydrogens (tertiary/aromatic N) is 2. The highest BCUT2D eigenvalue weighted by Gasteiger charge is 2.28. The Labute approximate surface area is 172 Å². The molecule has 2 aromatic rings. The molecule has 1 unspecified atom stereocenters. The second-order valence-corrected chi connectivity index (χ2v) is 8.97. The Morgan fingerprint density at radius 3 is 2.79 bits per heavy atom. The number of amides is 1. The van der Waals surface area contributed by atoms with Crippen LogP contribution in [-0.4, -0.2) is 38.9 Å². The smallest absolute Gasteiger partial charge is 0.262 e. The Morgan fingerprint density at radius 2 is 2.03 bits per heavy atom. The van der Waals surface area contributed by atoms with Gasteiger partial charge in [0.25, 0.3) is 10.0 Å². The summed E-state index contributed by atoms with van der Waals surface area (Å²) in [6.45, 7) is 5.71. The lowest BCUT2D eigenvalue weighted by Gasteiger charge is -2.34. The number of hydrogen-bond acceptors (Lipinski definition) is 5. The first-order valence-corrected chi connectivity index (χ1v) is 11.5. The van der Waals surface area contributed by atoms with E-state index in [1.165, 1.54) is 0 Å². The summed E-state index contributed by atoms with van der Waals surface area (Å²) in [6.07, 6.45) is 4.21. The number of anilines is 2. The lowest BCUT2D eigenvalue weighted by molar-refractivity contribution is -0.125. The van der Waals surface area contributed by atoms with Crippen LogP contribution in [-0.2, 0) is 14.8 Å². The van der Waals surface area contributed by atoms with Crippen LogP contribution in [0.4, 0.5) is 11.5 Å². The Bertz CT molecular complexity index is 962. The van der Waals surface area contributed by atoms with Crippen LogP contribution in [0.5, 0.6) is 0 Å². The summed E-state index contributed by atoms with van der Waals surface area (Å²) in [5.74, 6) is 0.477. The van der Waals surface area contributed by atoms with Gasteiger partial charge in [0.05, 0.1) is 16.5 Å². The highest BCUT2D eigenvalue weighted by molar-refractivity contribution is 7.92. The van der Waals surface area contributed by atoms with Crippen molar-refractivity contribution in [2.45, 2.75) is 38.0 Å². The first-order chi connectivity index (χ1) is 13.9. The molecule has 0 saturated carbocycles. The van der Waals surface area contributed by atoms with Crippen LogP contribution in [0, 0.1) is 12.8 Å². The fourth-order valence-corrected chi connectivity index (χ4v) is 4.87. The molecular formula is C21H28N4O3S. The van der Waals surface area contributed by atoms with E-state index in [1.54, 1.807) is 49.5 Å². The molecule has 0 spiro atoms. The molecule has 3 rings (SSSR count). The van der Waals surface area contributed by atoms with Gasteiger partial charge in [0.2, 0.25) is 5.91 Å². The lowest BCUT2D eigenvalue weighted by Crippen LogP contribution is -2.43. The number of rotatable bonds is 7. The average Bonchev–Trinajstić information content (AvgIpc) is 2.72. The van der Waals surface area contributed by atoms with Gasteiger partial charge in [-0.25, -0.2) is 13.4 Å². The first-order valence-electron chi connectivity index (χ1n) is 9.98. The molecule has 156 valence electrons. The predicted molar refractivity (Wildman–Crippen MR) is 114 cm³/mol. The highest BCUT2D eigenvalue weighted by Crippen LogP contribution is 2.30. The zero-order valence-corrected chi connectivity index (χ0v) is 17.7. The van der Waals surface area contributed by atoms with Gasteiger partial charge in [0.15, 0.2) is 5.82 Å². The molecule has 2 N–H and O–H groups in total. The summed E-state index contributed by atoms with van der Waals surface area (Å²) in [5.41, 5.74) is 1.10. The molecule has 0 radical (unpaired) electrons. The highest BCUT2D eigenvalue weighted by atomic mass is 32.2. The number of sulfonamides is 1. The number of pyridine rings is 1. The summed E-state index contributed by atoms with van der Waals surface area (Å²) in [5, 5.41) is 2.96. The van der Waals surface area contributed by atoms with Crippen LogP contribution in [0.1, 0.15) is 31.7 Å². The van der Waals surface area contributed by atoms with Crippen molar-refractivity contribution in [3.8, 4) is 0 Å². The molecule has 1 aliphatic rings. The molecule has 0 aliphatic carbocycles. The number of aryl methyl sites for hydroxylation is 1. The second-order valence-electron chi connectivity index (χ2n) is 7.32. The van der Waals surface area contributed by atoms with E-state index < -0.39 is 10.0 Å². The van der Waals surface area contributed by atoms with Crippen LogP contribution in [0.25, 0.3) is 0 Å². The van der Waals surface area contributed by atoms with Gasteiger partial charge in [-0.2, -0.15) is 0 Å². The summed E-state index contributed by atoms with van der Waals surface area (Å²) in [4.78, 5) is 19.1. The third kappa shape index (κ3) is 5.06. The molecule has 0 bridgehead atoms. The summed E-state index contributed by atoms with van der Waals surface area (Å²) in [6, 6.07) is 10.3. The molecule has 1 aliphatic heterocycles. The molecule has 2 heterocycles. The van der Waals surface area contributed by atoms with Crippen LogP contribution in [0.2, 0.25) is 0 Å². The zero-order valence-electron chi connectivity index (χ0n) is 16.9. The minimum Gasteiger partial charge on any atom is -0.356 e. The maximum atomic E-state index is 12.9. The SMILES string of the molecule is CCCNC(=O)C1CCCN(c2ncccc2NS(=O)(=O)c2ccccc2C)C1. The topological polar surface area (TPSA) is 91.4 Å². The van der Waals surface area contributed by atoms with Crippen molar-refractivity contribution in [2.24, 2.45) is 5.92 Å². The molecule has 1 saturated heterocycles. The quantitative estimate of drug-likeness (QED) is 0.724. The monoisotopic (exact) mass is 416 g/mol. The molecule has 8 heteroatoms. The maximum absolute atomic E-state index is 12.9. The minimum atomic E-state index is -3.74. The van der Waals surface area contributed by atoms with E-state index in [0.29, 0.717) is 30.2 Å². The molecule has 1 fully saturated rings. The minimum absolute atomic E-state index is 0.0505. The first kappa shape index (κ1) is 21.1. The summed E-state index contributed by atoms with van der Waals surface area (Å²) >= 11 is 0. The standard InChI is InChI=1S/C21H28N4O3S/c1-3-12-23-21(26)17-9-7-14-25(15-17)20-18(10-6-13-22-20)24-29(27,28)19-11-5-4-8-16(19)2/h4-6,8,10-11,13,17,24H,3,7,9,12,14-15H2,1-2H3,(H,23,26). The average molecular weight is 417 g/mol. The predicted octanol–water partition coefficient (Wildman–Crippen LogP) is 2.93. The van der Waals surface area contributed by atoms with Crippen molar-refractivity contribution in [2.75, 3.05) is 29.3 Å². The van der Waals surface area contributed by atoms with E-state index >= 15 is 0 Å². The summed E-state index contributed by atoms with van der Waals surface area (Å²) < 4.78 is 28.5. The Hall–Kier alpha value is -2.61. The van der Waals surface area contributed by atoms with Gasteiger partial charge in [-0.05, 0) is 49.9 Å².